The average Bonchev–Trinajstić information content (AvgIpc) is 3.16. The van der Waals surface area contributed by atoms with Crippen LogP contribution in [0.5, 0.6) is 0 Å². The molecular formula is C50H40. The van der Waals surface area contributed by atoms with Crippen molar-refractivity contribution in [2.75, 3.05) is 0 Å². The Kier molecular flexibility index (Phi) is 5.82. The monoisotopic (exact) mass is 640 g/mol. The van der Waals surface area contributed by atoms with Crippen molar-refractivity contribution in [2.45, 2.75) is 60.2 Å². The van der Waals surface area contributed by atoms with Crippen molar-refractivity contribution >= 4 is 43.1 Å². The van der Waals surface area contributed by atoms with Crippen molar-refractivity contribution in [1.29, 1.82) is 0 Å². The predicted molar refractivity (Wildman–Crippen MR) is 210 cm³/mol. The van der Waals surface area contributed by atoms with Crippen molar-refractivity contribution in [1.82, 2.24) is 0 Å². The number of benzene rings is 8. The highest BCUT2D eigenvalue weighted by molar-refractivity contribution is 5.86. The summed E-state index contributed by atoms with van der Waals surface area (Å²) in [7, 11) is 0. The summed E-state index contributed by atoms with van der Waals surface area (Å²) < 4.78 is 0. The quantitative estimate of drug-likeness (QED) is 0.180. The first-order chi connectivity index (χ1) is 24.5. The van der Waals surface area contributed by atoms with E-state index in [0.29, 0.717) is 0 Å². The van der Waals surface area contributed by atoms with Crippen molar-refractivity contribution in [3.05, 3.63) is 192 Å². The van der Waals surface area contributed by atoms with Crippen LogP contribution in [-0.2, 0) is 21.7 Å². The lowest BCUT2D eigenvalue weighted by Crippen LogP contribution is -2.67. The van der Waals surface area contributed by atoms with E-state index in [1.807, 2.05) is 0 Å². The summed E-state index contributed by atoms with van der Waals surface area (Å²) in [5.74, 6) is 0. The van der Waals surface area contributed by atoms with E-state index >= 15 is 0 Å². The molecule has 0 aliphatic heterocycles. The molecule has 8 aromatic rings. The van der Waals surface area contributed by atoms with Crippen LogP contribution >= 0.6 is 0 Å². The van der Waals surface area contributed by atoms with Crippen LogP contribution < -0.4 is 0 Å². The van der Waals surface area contributed by atoms with Crippen LogP contribution in [-0.4, -0.2) is 0 Å². The van der Waals surface area contributed by atoms with Gasteiger partial charge in [0.25, 0.3) is 0 Å². The van der Waals surface area contributed by atoms with Gasteiger partial charge in [0.15, 0.2) is 0 Å². The molecule has 4 saturated carbocycles. The lowest BCUT2D eigenvalue weighted by atomic mass is 9.32. The second-order valence-electron chi connectivity index (χ2n) is 16.4. The van der Waals surface area contributed by atoms with E-state index in [9.17, 15) is 0 Å². The number of fused-ring (bicyclic) bond motifs is 4. The third-order valence-corrected chi connectivity index (χ3v) is 13.5. The molecule has 4 bridgehead atoms. The Labute approximate surface area is 294 Å². The Morgan fingerprint density at radius 1 is 0.220 bits per heavy atom. The zero-order valence-corrected chi connectivity index (χ0v) is 28.4. The molecule has 4 fully saturated rings. The fourth-order valence-corrected chi connectivity index (χ4v) is 11.9. The van der Waals surface area contributed by atoms with Crippen molar-refractivity contribution in [2.24, 2.45) is 0 Å². The molecular weight excluding hydrogens is 601 g/mol. The summed E-state index contributed by atoms with van der Waals surface area (Å²) in [6.07, 6.45) is 7.17. The summed E-state index contributed by atoms with van der Waals surface area (Å²) in [4.78, 5) is 0. The third kappa shape index (κ3) is 4.12. The second-order valence-corrected chi connectivity index (χ2v) is 16.4. The molecule has 12 rings (SSSR count). The van der Waals surface area contributed by atoms with E-state index in [0.717, 1.165) is 0 Å². The summed E-state index contributed by atoms with van der Waals surface area (Å²) in [6, 6.07) is 65.7. The van der Waals surface area contributed by atoms with E-state index in [1.165, 1.54) is 104 Å². The number of rotatable bonds is 4. The van der Waals surface area contributed by atoms with Crippen LogP contribution in [0.3, 0.4) is 0 Å². The maximum absolute atomic E-state index is 2.57. The van der Waals surface area contributed by atoms with E-state index in [4.69, 9.17) is 0 Å². The first kappa shape index (κ1) is 28.6. The lowest BCUT2D eigenvalue weighted by Gasteiger charge is -2.71. The fourth-order valence-electron chi connectivity index (χ4n) is 11.9. The first-order valence-electron chi connectivity index (χ1n) is 18.5. The van der Waals surface area contributed by atoms with Crippen LogP contribution in [0.1, 0.15) is 60.8 Å². The molecule has 240 valence electrons. The van der Waals surface area contributed by atoms with Crippen LogP contribution in [0.15, 0.2) is 170 Å². The maximum atomic E-state index is 2.57. The third-order valence-electron chi connectivity index (χ3n) is 13.5. The van der Waals surface area contributed by atoms with Crippen molar-refractivity contribution in [3.63, 3.8) is 0 Å². The summed E-state index contributed by atoms with van der Waals surface area (Å²) in [6.45, 7) is 0. The molecule has 0 N–H and O–H groups in total. The normalized spacial score (nSPS) is 27.0. The van der Waals surface area contributed by atoms with Gasteiger partial charge in [-0.1, -0.05) is 170 Å². The molecule has 8 aromatic carbocycles. The van der Waals surface area contributed by atoms with Gasteiger partial charge in [-0.15, -0.1) is 0 Å². The highest BCUT2D eigenvalue weighted by Gasteiger charge is 2.69. The molecule has 4 aliphatic rings. The second kappa shape index (κ2) is 10.2. The Balaban J connectivity index is 1.21. The molecule has 0 unspecified atom stereocenters. The van der Waals surface area contributed by atoms with E-state index in [-0.39, 0.29) is 21.7 Å². The molecule has 4 aliphatic carbocycles. The van der Waals surface area contributed by atoms with Gasteiger partial charge < -0.3 is 0 Å². The molecule has 0 aromatic heterocycles. The van der Waals surface area contributed by atoms with Gasteiger partial charge >= 0.3 is 0 Å². The minimum atomic E-state index is 0.0434. The average molecular weight is 641 g/mol. The topological polar surface area (TPSA) is 0 Å². The minimum Gasteiger partial charge on any atom is -0.0616 e. The first-order valence-corrected chi connectivity index (χ1v) is 18.5. The van der Waals surface area contributed by atoms with Gasteiger partial charge in [0.05, 0.1) is 0 Å². The largest absolute Gasteiger partial charge is 0.0616 e. The van der Waals surface area contributed by atoms with E-state index in [2.05, 4.69) is 170 Å². The molecule has 0 heterocycles. The zero-order chi connectivity index (χ0) is 33.0. The van der Waals surface area contributed by atoms with E-state index < -0.39 is 0 Å². The molecule has 0 saturated heterocycles. The molecule has 0 nitrogen and oxygen atoms in total. The van der Waals surface area contributed by atoms with Crippen LogP contribution in [0.2, 0.25) is 0 Å². The molecule has 0 radical (unpaired) electrons. The van der Waals surface area contributed by atoms with Crippen LogP contribution in [0.4, 0.5) is 0 Å². The summed E-state index contributed by atoms with van der Waals surface area (Å²) in [5, 5.41) is 10.8. The van der Waals surface area contributed by atoms with E-state index in [1.54, 1.807) is 0 Å². The number of hydrogen-bond acceptors (Lipinski definition) is 0. The molecule has 0 atom stereocenters. The van der Waals surface area contributed by atoms with Gasteiger partial charge in [0, 0.05) is 0 Å². The Morgan fingerprint density at radius 3 is 0.640 bits per heavy atom. The Hall–Kier alpha value is -5.20. The maximum Gasteiger partial charge on any atom is -0.00213 e. The van der Waals surface area contributed by atoms with Crippen molar-refractivity contribution < 1.29 is 0 Å². The van der Waals surface area contributed by atoms with Gasteiger partial charge in [-0.3, -0.25) is 0 Å². The van der Waals surface area contributed by atoms with Gasteiger partial charge in [-0.2, -0.15) is 0 Å². The highest BCUT2D eigenvalue weighted by atomic mass is 14.7. The zero-order valence-electron chi connectivity index (χ0n) is 28.4. The van der Waals surface area contributed by atoms with Crippen LogP contribution in [0, 0.1) is 0 Å². The molecule has 0 heteroatoms. The Morgan fingerprint density at radius 2 is 0.420 bits per heavy atom. The Bertz CT molecular complexity index is 2240. The lowest BCUT2D eigenvalue weighted by molar-refractivity contribution is -0.0690. The van der Waals surface area contributed by atoms with Gasteiger partial charge in [-0.25, -0.2) is 0 Å². The van der Waals surface area contributed by atoms with Gasteiger partial charge in [0.1, 0.15) is 0 Å². The smallest absolute Gasteiger partial charge is 0.00213 e. The van der Waals surface area contributed by atoms with Crippen molar-refractivity contribution in [3.8, 4) is 0 Å². The standard InChI is InChI=1S/C50H40/c1-5-13-39-25-43(21-17-35(39)9-1)47-29-48(44-22-18-36-10-2-6-14-40(36)26-44)32-49(30-47,45-23-19-37-11-3-7-15-41(37)27-45)34-50(31-47,33-48)46-24-20-38-12-4-8-16-42(38)28-46/h1-28H,29-34H2. The van der Waals surface area contributed by atoms with Gasteiger partial charge in [0.2, 0.25) is 0 Å². The fraction of sp³-hybridized carbons (Fsp3) is 0.200. The summed E-state index contributed by atoms with van der Waals surface area (Å²) in [5.41, 5.74) is 6.32. The number of hydrogen-bond donors (Lipinski definition) is 0. The van der Waals surface area contributed by atoms with Crippen LogP contribution in [0.25, 0.3) is 43.1 Å². The van der Waals surface area contributed by atoms with Gasteiger partial charge in [-0.05, 0) is 126 Å². The summed E-state index contributed by atoms with van der Waals surface area (Å²) >= 11 is 0. The predicted octanol–water partition coefficient (Wildman–Crippen LogP) is 12.7. The highest BCUT2D eigenvalue weighted by Crippen LogP contribution is 2.75. The molecule has 0 spiro atoms. The minimum absolute atomic E-state index is 0.0434. The molecule has 50 heavy (non-hydrogen) atoms. The molecule has 0 amide bonds. The SMILES string of the molecule is c1ccc2cc(C34CC5(c6ccc7ccccc7c6)CC(c6ccc7ccccc7c6)(C3)CC(c3ccc6ccccc6c3)(C4)C5)ccc2c1.